The number of fused-ring (bicyclic) bond motifs is 1. The van der Waals surface area contributed by atoms with Crippen LogP contribution in [0.3, 0.4) is 0 Å². The summed E-state index contributed by atoms with van der Waals surface area (Å²) >= 11 is 3.44. The molecule has 0 bridgehead atoms. The van der Waals surface area contributed by atoms with Gasteiger partial charge in [-0.05, 0) is 28.1 Å². The Bertz CT molecular complexity index is 778. The number of aromatic nitrogens is 1. The lowest BCUT2D eigenvalue weighted by atomic mass is 10.1. The van der Waals surface area contributed by atoms with Gasteiger partial charge in [0.25, 0.3) is 5.91 Å². The summed E-state index contributed by atoms with van der Waals surface area (Å²) < 4.78 is 11.2. The van der Waals surface area contributed by atoms with Crippen LogP contribution in [0.2, 0.25) is 0 Å². The van der Waals surface area contributed by atoms with Crippen LogP contribution >= 0.6 is 15.9 Å². The van der Waals surface area contributed by atoms with E-state index in [1.807, 2.05) is 0 Å². The molecule has 0 saturated carbocycles. The SMILES string of the molecule is COc1cc2c(C(=O)N(C)CC(=O)O)nccc2c(Br)c1OC. The molecule has 8 heteroatoms. The summed E-state index contributed by atoms with van der Waals surface area (Å²) in [6.45, 7) is -0.411. The quantitative estimate of drug-likeness (QED) is 0.852. The molecule has 2 rings (SSSR count). The van der Waals surface area contributed by atoms with Crippen LogP contribution in [0.4, 0.5) is 0 Å². The van der Waals surface area contributed by atoms with Gasteiger partial charge in [-0.15, -0.1) is 0 Å². The van der Waals surface area contributed by atoms with Crippen molar-refractivity contribution in [3.8, 4) is 11.5 Å². The highest BCUT2D eigenvalue weighted by Crippen LogP contribution is 2.41. The van der Waals surface area contributed by atoms with Crippen molar-refractivity contribution in [3.05, 3.63) is 28.5 Å². The summed E-state index contributed by atoms with van der Waals surface area (Å²) in [4.78, 5) is 28.5. The molecule has 23 heavy (non-hydrogen) atoms. The average molecular weight is 383 g/mol. The van der Waals surface area contributed by atoms with E-state index < -0.39 is 18.4 Å². The van der Waals surface area contributed by atoms with Gasteiger partial charge in [0.05, 0.1) is 18.7 Å². The number of amides is 1. The van der Waals surface area contributed by atoms with Crippen LogP contribution in [-0.4, -0.2) is 54.7 Å². The molecular formula is C15H15BrN2O5. The summed E-state index contributed by atoms with van der Waals surface area (Å²) in [5.41, 5.74) is 0.146. The van der Waals surface area contributed by atoms with E-state index in [0.717, 1.165) is 4.90 Å². The van der Waals surface area contributed by atoms with E-state index in [2.05, 4.69) is 20.9 Å². The lowest BCUT2D eigenvalue weighted by molar-refractivity contribution is -0.137. The summed E-state index contributed by atoms with van der Waals surface area (Å²) in [5.74, 6) is -0.642. The standard InChI is InChI=1S/C15H15BrN2O5/c1-18(7-11(19)20)15(21)13-9-6-10(22-2)14(23-3)12(16)8(9)4-5-17-13/h4-6H,7H2,1-3H3,(H,19,20). The first-order chi connectivity index (χ1) is 10.9. The Labute approximate surface area is 140 Å². The fraction of sp³-hybridized carbons (Fsp3) is 0.267. The highest BCUT2D eigenvalue weighted by Gasteiger charge is 2.21. The minimum Gasteiger partial charge on any atom is -0.493 e. The van der Waals surface area contributed by atoms with E-state index in [0.29, 0.717) is 26.7 Å². The number of ether oxygens (including phenoxy) is 2. The van der Waals surface area contributed by atoms with E-state index in [1.165, 1.54) is 27.5 Å². The number of methoxy groups -OCH3 is 2. The Morgan fingerprint density at radius 1 is 1.30 bits per heavy atom. The minimum absolute atomic E-state index is 0.146. The Kier molecular flexibility index (Phi) is 5.05. The van der Waals surface area contributed by atoms with Crippen LogP contribution in [0.5, 0.6) is 11.5 Å². The van der Waals surface area contributed by atoms with Crippen LogP contribution < -0.4 is 9.47 Å². The molecule has 0 fully saturated rings. The average Bonchev–Trinajstić information content (AvgIpc) is 2.52. The van der Waals surface area contributed by atoms with Crippen molar-refractivity contribution in [1.29, 1.82) is 0 Å². The largest absolute Gasteiger partial charge is 0.493 e. The van der Waals surface area contributed by atoms with Gasteiger partial charge < -0.3 is 19.5 Å². The van der Waals surface area contributed by atoms with Crippen molar-refractivity contribution < 1.29 is 24.2 Å². The number of hydrogen-bond acceptors (Lipinski definition) is 5. The van der Waals surface area contributed by atoms with Crippen molar-refractivity contribution in [1.82, 2.24) is 9.88 Å². The fourth-order valence-electron chi connectivity index (χ4n) is 2.21. The van der Waals surface area contributed by atoms with Gasteiger partial charge in [0, 0.05) is 24.0 Å². The van der Waals surface area contributed by atoms with Crippen LogP contribution in [0.15, 0.2) is 22.8 Å². The Hall–Kier alpha value is -2.35. The molecule has 122 valence electrons. The third kappa shape index (κ3) is 3.21. The first-order valence-corrected chi connectivity index (χ1v) is 7.36. The smallest absolute Gasteiger partial charge is 0.323 e. The molecule has 7 nitrogen and oxygen atoms in total. The number of pyridine rings is 1. The lowest BCUT2D eigenvalue weighted by Gasteiger charge is -2.17. The van der Waals surface area contributed by atoms with Crippen molar-refractivity contribution in [3.63, 3.8) is 0 Å². The zero-order valence-electron chi connectivity index (χ0n) is 12.8. The van der Waals surface area contributed by atoms with E-state index in [-0.39, 0.29) is 5.69 Å². The Morgan fingerprint density at radius 3 is 2.57 bits per heavy atom. The maximum absolute atomic E-state index is 12.5. The number of carbonyl (C=O) groups is 2. The number of rotatable bonds is 5. The van der Waals surface area contributed by atoms with Crippen LogP contribution in [-0.2, 0) is 4.79 Å². The normalized spacial score (nSPS) is 10.4. The molecule has 0 radical (unpaired) electrons. The molecule has 0 spiro atoms. The third-order valence-electron chi connectivity index (χ3n) is 3.27. The first-order valence-electron chi connectivity index (χ1n) is 6.57. The number of nitrogens with zero attached hydrogens (tertiary/aromatic N) is 2. The number of likely N-dealkylation sites (N-methyl/N-ethyl adjacent to an activating group) is 1. The monoisotopic (exact) mass is 382 g/mol. The van der Waals surface area contributed by atoms with Gasteiger partial charge in [-0.1, -0.05) is 0 Å². The predicted octanol–water partition coefficient (Wildman–Crippen LogP) is 2.17. The minimum atomic E-state index is -1.10. The van der Waals surface area contributed by atoms with E-state index >= 15 is 0 Å². The number of benzene rings is 1. The molecule has 0 saturated heterocycles. The molecule has 1 aromatic heterocycles. The van der Waals surface area contributed by atoms with Crippen molar-refractivity contribution in [2.75, 3.05) is 27.8 Å². The van der Waals surface area contributed by atoms with Crippen molar-refractivity contribution >= 4 is 38.6 Å². The van der Waals surface area contributed by atoms with Gasteiger partial charge in [0.15, 0.2) is 11.5 Å². The van der Waals surface area contributed by atoms with Crippen LogP contribution in [0.1, 0.15) is 10.5 Å². The molecular weight excluding hydrogens is 368 g/mol. The third-order valence-corrected chi connectivity index (χ3v) is 4.06. The van der Waals surface area contributed by atoms with E-state index in [4.69, 9.17) is 14.6 Å². The number of carboxylic acids is 1. The van der Waals surface area contributed by atoms with Crippen molar-refractivity contribution in [2.24, 2.45) is 0 Å². The Balaban J connectivity index is 2.64. The molecule has 1 N–H and O–H groups in total. The lowest BCUT2D eigenvalue weighted by Crippen LogP contribution is -2.32. The molecule has 0 unspecified atom stereocenters. The van der Waals surface area contributed by atoms with Gasteiger partial charge in [0.2, 0.25) is 0 Å². The topological polar surface area (TPSA) is 89.0 Å². The Morgan fingerprint density at radius 2 is 2.00 bits per heavy atom. The number of halogens is 1. The van der Waals surface area contributed by atoms with Gasteiger partial charge in [-0.2, -0.15) is 0 Å². The highest BCUT2D eigenvalue weighted by molar-refractivity contribution is 9.10. The summed E-state index contributed by atoms with van der Waals surface area (Å²) in [6, 6.07) is 3.38. The number of carboxylic acid groups (broad SMARTS) is 1. The number of aliphatic carboxylic acids is 1. The molecule has 0 atom stereocenters. The zero-order valence-corrected chi connectivity index (χ0v) is 14.4. The zero-order chi connectivity index (χ0) is 17.1. The van der Waals surface area contributed by atoms with Crippen LogP contribution in [0.25, 0.3) is 10.8 Å². The van der Waals surface area contributed by atoms with E-state index in [9.17, 15) is 9.59 Å². The second-order valence-electron chi connectivity index (χ2n) is 4.74. The molecule has 1 aromatic carbocycles. The summed E-state index contributed by atoms with van der Waals surface area (Å²) in [6.07, 6.45) is 1.49. The predicted molar refractivity (Wildman–Crippen MR) is 87.1 cm³/mol. The van der Waals surface area contributed by atoms with Gasteiger partial charge in [-0.25, -0.2) is 0 Å². The van der Waals surface area contributed by atoms with Gasteiger partial charge in [0.1, 0.15) is 12.2 Å². The highest BCUT2D eigenvalue weighted by atomic mass is 79.9. The maximum atomic E-state index is 12.5. The molecule has 0 aliphatic carbocycles. The number of hydrogen-bond donors (Lipinski definition) is 1. The van der Waals surface area contributed by atoms with E-state index in [1.54, 1.807) is 12.1 Å². The molecule has 1 amide bonds. The maximum Gasteiger partial charge on any atom is 0.323 e. The molecule has 2 aromatic rings. The van der Waals surface area contributed by atoms with Gasteiger partial charge >= 0.3 is 5.97 Å². The summed E-state index contributed by atoms with van der Waals surface area (Å²) in [7, 11) is 4.42. The second-order valence-corrected chi connectivity index (χ2v) is 5.53. The summed E-state index contributed by atoms with van der Waals surface area (Å²) in [5, 5.41) is 10.1. The fourth-order valence-corrected chi connectivity index (χ4v) is 2.91. The van der Waals surface area contributed by atoms with Crippen molar-refractivity contribution in [2.45, 2.75) is 0 Å². The van der Waals surface area contributed by atoms with Crippen LogP contribution in [0, 0.1) is 0 Å². The molecule has 0 aliphatic heterocycles. The number of carbonyl (C=O) groups excluding carboxylic acids is 1. The second kappa shape index (κ2) is 6.82. The molecule has 0 aliphatic rings. The molecule has 1 heterocycles. The van der Waals surface area contributed by atoms with Gasteiger partial charge in [-0.3, -0.25) is 14.6 Å². The first kappa shape index (κ1) is 17.0.